The number of carbonyl (C=O) groups is 2. The molecule has 0 saturated carbocycles. The molecule has 2 aromatic rings. The molecule has 2 aromatic carbocycles. The number of phenols is 1. The van der Waals surface area contributed by atoms with Gasteiger partial charge in [0.2, 0.25) is 0 Å². The molecule has 0 aliphatic heterocycles. The number of methoxy groups -OCH3 is 1. The zero-order valence-electron chi connectivity index (χ0n) is 15.5. The quantitative estimate of drug-likeness (QED) is 0.529. The van der Waals surface area contributed by atoms with Crippen molar-refractivity contribution in [1.29, 1.82) is 0 Å². The van der Waals surface area contributed by atoms with Gasteiger partial charge in [-0.2, -0.15) is 0 Å². The van der Waals surface area contributed by atoms with Gasteiger partial charge in [-0.25, -0.2) is 4.79 Å². The number of hydrogen-bond donors (Lipinski definition) is 2. The van der Waals surface area contributed by atoms with Crippen LogP contribution in [0, 0.1) is 0 Å². The average Bonchev–Trinajstić information content (AvgIpc) is 2.69. The van der Waals surface area contributed by atoms with Gasteiger partial charge in [-0.05, 0) is 35.3 Å². The fourth-order valence-corrected chi connectivity index (χ4v) is 2.60. The second-order valence-corrected chi connectivity index (χ2v) is 5.85. The summed E-state index contributed by atoms with van der Waals surface area (Å²) in [6, 6.07) is 12.3. The van der Waals surface area contributed by atoms with Crippen molar-refractivity contribution in [2.24, 2.45) is 0 Å². The highest BCUT2D eigenvalue weighted by molar-refractivity contribution is 6.61. The standard InChI is InChI=1S/C19H22BNO6/c1-25-19(24)17(21-18(23)14-6-10-16(22)11-7-14)12-13-4-8-15(9-5-13)20(26-2)27-3/h4-11,17,22H,12H2,1-3H3,(H,21,23)/t17-/m0/s1. The summed E-state index contributed by atoms with van der Waals surface area (Å²) in [5.74, 6) is -0.916. The molecule has 27 heavy (non-hydrogen) atoms. The topological polar surface area (TPSA) is 94.1 Å². The molecule has 8 heteroatoms. The molecule has 0 unspecified atom stereocenters. The number of ether oxygens (including phenoxy) is 1. The van der Waals surface area contributed by atoms with Crippen molar-refractivity contribution in [3.05, 3.63) is 59.7 Å². The van der Waals surface area contributed by atoms with Crippen LogP contribution in [-0.2, 0) is 25.3 Å². The molecule has 0 aromatic heterocycles. The lowest BCUT2D eigenvalue weighted by molar-refractivity contribution is -0.142. The highest BCUT2D eigenvalue weighted by Crippen LogP contribution is 2.11. The van der Waals surface area contributed by atoms with Crippen LogP contribution in [0.4, 0.5) is 0 Å². The van der Waals surface area contributed by atoms with Gasteiger partial charge in [-0.15, -0.1) is 0 Å². The minimum atomic E-state index is -0.845. The SMILES string of the molecule is COB(OC)c1ccc(C[C@H](NC(=O)c2ccc(O)cc2)C(=O)OC)cc1. The molecule has 0 saturated heterocycles. The fraction of sp³-hybridized carbons (Fsp3) is 0.263. The minimum absolute atomic E-state index is 0.0570. The van der Waals surface area contributed by atoms with Crippen LogP contribution in [0.1, 0.15) is 15.9 Å². The Labute approximate surface area is 158 Å². The van der Waals surface area contributed by atoms with Crippen molar-refractivity contribution in [2.75, 3.05) is 21.3 Å². The van der Waals surface area contributed by atoms with E-state index >= 15 is 0 Å². The van der Waals surface area contributed by atoms with Gasteiger partial charge >= 0.3 is 13.1 Å². The second kappa shape index (κ2) is 9.75. The van der Waals surface area contributed by atoms with E-state index in [-0.39, 0.29) is 12.2 Å². The number of phenolic OH excluding ortho intramolecular Hbond substituents is 1. The second-order valence-electron chi connectivity index (χ2n) is 5.85. The number of esters is 1. The number of amides is 1. The summed E-state index contributed by atoms with van der Waals surface area (Å²) in [5, 5.41) is 12.0. The van der Waals surface area contributed by atoms with E-state index in [0.717, 1.165) is 11.0 Å². The lowest BCUT2D eigenvalue weighted by atomic mass is 9.78. The Hall–Kier alpha value is -2.84. The summed E-state index contributed by atoms with van der Waals surface area (Å²) in [7, 11) is 3.90. The number of benzene rings is 2. The van der Waals surface area contributed by atoms with Crippen molar-refractivity contribution < 1.29 is 28.7 Å². The monoisotopic (exact) mass is 371 g/mol. The largest absolute Gasteiger partial charge is 0.508 e. The van der Waals surface area contributed by atoms with E-state index in [1.54, 1.807) is 14.2 Å². The van der Waals surface area contributed by atoms with Crippen molar-refractivity contribution in [1.82, 2.24) is 5.32 Å². The lowest BCUT2D eigenvalue weighted by Gasteiger charge is -2.17. The molecule has 0 radical (unpaired) electrons. The van der Waals surface area contributed by atoms with E-state index in [4.69, 9.17) is 14.0 Å². The molecule has 1 amide bonds. The predicted octanol–water partition coefficient (Wildman–Crippen LogP) is 0.894. The molecule has 2 N–H and O–H groups in total. The third kappa shape index (κ3) is 5.57. The molecule has 7 nitrogen and oxygen atoms in total. The normalized spacial score (nSPS) is 11.5. The van der Waals surface area contributed by atoms with E-state index < -0.39 is 25.0 Å². The maximum Gasteiger partial charge on any atom is 0.493 e. The van der Waals surface area contributed by atoms with E-state index in [9.17, 15) is 14.7 Å². The molecular weight excluding hydrogens is 349 g/mol. The van der Waals surface area contributed by atoms with E-state index in [1.165, 1.54) is 31.4 Å². The van der Waals surface area contributed by atoms with Crippen LogP contribution < -0.4 is 10.8 Å². The summed E-state index contributed by atoms with van der Waals surface area (Å²) in [4.78, 5) is 24.5. The first-order valence-corrected chi connectivity index (χ1v) is 8.30. The Morgan fingerprint density at radius 2 is 1.59 bits per heavy atom. The van der Waals surface area contributed by atoms with Gasteiger partial charge in [0, 0.05) is 26.2 Å². The highest BCUT2D eigenvalue weighted by atomic mass is 16.6. The third-order valence-corrected chi connectivity index (χ3v) is 4.04. The van der Waals surface area contributed by atoms with Gasteiger partial charge in [-0.3, -0.25) is 4.79 Å². The first-order chi connectivity index (χ1) is 13.0. The van der Waals surface area contributed by atoms with Gasteiger partial charge in [0.25, 0.3) is 5.91 Å². The van der Waals surface area contributed by atoms with Gasteiger partial charge < -0.3 is 24.5 Å². The number of nitrogens with one attached hydrogen (secondary N) is 1. The molecule has 0 spiro atoms. The Kier molecular flexibility index (Phi) is 7.39. The molecule has 0 bridgehead atoms. The molecule has 0 fully saturated rings. The lowest BCUT2D eigenvalue weighted by Crippen LogP contribution is -2.43. The van der Waals surface area contributed by atoms with E-state index in [1.807, 2.05) is 24.3 Å². The Bertz CT molecular complexity index is 759. The molecule has 142 valence electrons. The van der Waals surface area contributed by atoms with Crippen LogP contribution in [0.2, 0.25) is 0 Å². The van der Waals surface area contributed by atoms with Crippen molar-refractivity contribution in [3.63, 3.8) is 0 Å². The summed E-state index contributed by atoms with van der Waals surface area (Å²) < 4.78 is 15.2. The van der Waals surface area contributed by atoms with Gasteiger partial charge in [0.05, 0.1) is 7.11 Å². The number of hydrogen-bond acceptors (Lipinski definition) is 6. The van der Waals surface area contributed by atoms with Crippen molar-refractivity contribution >= 4 is 24.5 Å². The van der Waals surface area contributed by atoms with Crippen LogP contribution in [0.5, 0.6) is 5.75 Å². The molecule has 0 aliphatic carbocycles. The Morgan fingerprint density at radius 1 is 1.00 bits per heavy atom. The number of aromatic hydroxyl groups is 1. The number of carbonyl (C=O) groups excluding carboxylic acids is 2. The average molecular weight is 371 g/mol. The van der Waals surface area contributed by atoms with Crippen LogP contribution in [0.25, 0.3) is 0 Å². The molecule has 0 aliphatic rings. The molecule has 1 atom stereocenters. The van der Waals surface area contributed by atoms with E-state index in [0.29, 0.717) is 5.56 Å². The zero-order chi connectivity index (χ0) is 19.8. The molecular formula is C19H22BNO6. The third-order valence-electron chi connectivity index (χ3n) is 4.04. The summed E-state index contributed by atoms with van der Waals surface area (Å²) in [6.07, 6.45) is 0.265. The molecule has 0 heterocycles. The van der Waals surface area contributed by atoms with Crippen LogP contribution in [0.15, 0.2) is 48.5 Å². The van der Waals surface area contributed by atoms with Gasteiger partial charge in [0.1, 0.15) is 11.8 Å². The summed E-state index contributed by atoms with van der Waals surface area (Å²) >= 11 is 0. The first kappa shape index (κ1) is 20.5. The van der Waals surface area contributed by atoms with E-state index in [2.05, 4.69) is 5.32 Å². The summed E-state index contributed by atoms with van der Waals surface area (Å²) in [5.41, 5.74) is 2.01. The Morgan fingerprint density at radius 3 is 2.11 bits per heavy atom. The number of rotatable bonds is 8. The van der Waals surface area contributed by atoms with Crippen LogP contribution >= 0.6 is 0 Å². The van der Waals surface area contributed by atoms with Crippen LogP contribution in [0.3, 0.4) is 0 Å². The molecule has 2 rings (SSSR count). The minimum Gasteiger partial charge on any atom is -0.508 e. The van der Waals surface area contributed by atoms with Crippen LogP contribution in [-0.4, -0.2) is 51.5 Å². The van der Waals surface area contributed by atoms with Gasteiger partial charge in [-0.1, -0.05) is 24.3 Å². The smallest absolute Gasteiger partial charge is 0.493 e. The van der Waals surface area contributed by atoms with Crippen molar-refractivity contribution in [3.8, 4) is 5.75 Å². The highest BCUT2D eigenvalue weighted by Gasteiger charge is 2.23. The predicted molar refractivity (Wildman–Crippen MR) is 101 cm³/mol. The maximum absolute atomic E-state index is 12.4. The fourth-order valence-electron chi connectivity index (χ4n) is 2.60. The Balaban J connectivity index is 2.11. The van der Waals surface area contributed by atoms with Crippen molar-refractivity contribution in [2.45, 2.75) is 12.5 Å². The zero-order valence-corrected chi connectivity index (χ0v) is 15.5. The van der Waals surface area contributed by atoms with Gasteiger partial charge in [0.15, 0.2) is 0 Å². The first-order valence-electron chi connectivity index (χ1n) is 8.30. The summed E-state index contributed by atoms with van der Waals surface area (Å²) in [6.45, 7) is 0. The maximum atomic E-state index is 12.4.